The Morgan fingerprint density at radius 3 is 2.85 bits per heavy atom. The van der Waals surface area contributed by atoms with Gasteiger partial charge in [-0.2, -0.15) is 0 Å². The van der Waals surface area contributed by atoms with Crippen molar-refractivity contribution in [3.05, 3.63) is 41.0 Å². The summed E-state index contributed by atoms with van der Waals surface area (Å²) in [6.07, 6.45) is 1.75. The molecule has 4 nitrogen and oxygen atoms in total. The molecule has 0 saturated heterocycles. The van der Waals surface area contributed by atoms with Crippen LogP contribution in [0.25, 0.3) is 10.9 Å². The Morgan fingerprint density at radius 2 is 2.15 bits per heavy atom. The molecule has 5 heteroatoms. The fourth-order valence-electron chi connectivity index (χ4n) is 2.18. The van der Waals surface area contributed by atoms with E-state index >= 15 is 0 Å². The van der Waals surface area contributed by atoms with Crippen LogP contribution >= 0.6 is 11.6 Å². The average molecular weight is 294 g/mol. The molecule has 2 aromatic rings. The second-order valence-corrected chi connectivity index (χ2v) is 5.44. The molecule has 0 saturated carbocycles. The van der Waals surface area contributed by atoms with Gasteiger partial charge in [0.1, 0.15) is 0 Å². The van der Waals surface area contributed by atoms with Gasteiger partial charge in [-0.1, -0.05) is 17.7 Å². The Labute approximate surface area is 124 Å². The number of fused-ring (bicyclic) bond motifs is 1. The van der Waals surface area contributed by atoms with E-state index in [9.17, 15) is 5.11 Å². The maximum absolute atomic E-state index is 9.64. The van der Waals surface area contributed by atoms with Crippen molar-refractivity contribution in [2.24, 2.45) is 0 Å². The van der Waals surface area contributed by atoms with Crippen molar-refractivity contribution in [3.8, 4) is 0 Å². The Hall–Kier alpha value is -1.20. The third kappa shape index (κ3) is 3.46. The molecule has 20 heavy (non-hydrogen) atoms. The van der Waals surface area contributed by atoms with Crippen LogP contribution in [0.4, 0.5) is 0 Å². The van der Waals surface area contributed by atoms with E-state index in [1.165, 1.54) is 0 Å². The Bertz CT molecular complexity index is 574. The van der Waals surface area contributed by atoms with Crippen molar-refractivity contribution in [2.45, 2.75) is 6.04 Å². The number of nitrogens with zero attached hydrogens (tertiary/aromatic N) is 2. The topological polar surface area (TPSA) is 48.4 Å². The lowest BCUT2D eigenvalue weighted by molar-refractivity contribution is 0.241. The molecule has 0 radical (unpaired) electrons. The van der Waals surface area contributed by atoms with Crippen LogP contribution in [0, 0.1) is 0 Å². The van der Waals surface area contributed by atoms with Crippen molar-refractivity contribution in [3.63, 3.8) is 0 Å². The Kier molecular flexibility index (Phi) is 5.31. The predicted molar refractivity (Wildman–Crippen MR) is 83.1 cm³/mol. The number of benzene rings is 1. The SMILES string of the molecule is CN(C)CCNC(CO)c1ccc(Cl)c2cccnc12. The smallest absolute Gasteiger partial charge is 0.0765 e. The molecule has 1 heterocycles. The summed E-state index contributed by atoms with van der Waals surface area (Å²) in [6, 6.07) is 7.47. The summed E-state index contributed by atoms with van der Waals surface area (Å²) >= 11 is 6.19. The van der Waals surface area contributed by atoms with Crippen molar-refractivity contribution in [1.29, 1.82) is 0 Å². The third-order valence-corrected chi connectivity index (χ3v) is 3.59. The predicted octanol–water partition coefficient (Wildman–Crippen LogP) is 2.07. The molecule has 0 bridgehead atoms. The van der Waals surface area contributed by atoms with Crippen molar-refractivity contribution >= 4 is 22.5 Å². The first-order chi connectivity index (χ1) is 9.63. The van der Waals surface area contributed by atoms with Crippen molar-refractivity contribution in [1.82, 2.24) is 15.2 Å². The summed E-state index contributed by atoms with van der Waals surface area (Å²) in [4.78, 5) is 6.50. The van der Waals surface area contributed by atoms with Crippen LogP contribution < -0.4 is 5.32 Å². The number of hydrogen-bond donors (Lipinski definition) is 2. The minimum Gasteiger partial charge on any atom is -0.394 e. The van der Waals surface area contributed by atoms with E-state index in [4.69, 9.17) is 11.6 Å². The number of halogens is 1. The van der Waals surface area contributed by atoms with Gasteiger partial charge in [-0.05, 0) is 37.9 Å². The van der Waals surface area contributed by atoms with Gasteiger partial charge in [0.25, 0.3) is 0 Å². The van der Waals surface area contributed by atoms with E-state index in [1.807, 2.05) is 38.4 Å². The van der Waals surface area contributed by atoms with Gasteiger partial charge in [0.2, 0.25) is 0 Å². The van der Waals surface area contributed by atoms with Crippen LogP contribution in [0.15, 0.2) is 30.5 Å². The number of nitrogens with one attached hydrogen (secondary N) is 1. The Balaban J connectivity index is 2.28. The maximum Gasteiger partial charge on any atom is 0.0765 e. The number of hydrogen-bond acceptors (Lipinski definition) is 4. The van der Waals surface area contributed by atoms with E-state index < -0.39 is 0 Å². The van der Waals surface area contributed by atoms with Gasteiger partial charge in [0.15, 0.2) is 0 Å². The number of pyridine rings is 1. The minimum atomic E-state index is -0.135. The first-order valence-electron chi connectivity index (χ1n) is 6.65. The standard InChI is InChI=1S/C15H20ClN3O/c1-19(2)9-8-17-14(10-20)12-5-6-13(16)11-4-3-7-18-15(11)12/h3-7,14,17,20H,8-10H2,1-2H3. The van der Waals surface area contributed by atoms with E-state index in [1.54, 1.807) is 6.20 Å². The molecule has 1 aromatic heterocycles. The molecule has 0 amide bonds. The second-order valence-electron chi connectivity index (χ2n) is 5.03. The van der Waals surface area contributed by atoms with Gasteiger partial charge in [0.05, 0.1) is 18.2 Å². The van der Waals surface area contributed by atoms with Gasteiger partial charge in [0, 0.05) is 29.7 Å². The number of rotatable bonds is 6. The molecule has 1 unspecified atom stereocenters. The average Bonchev–Trinajstić information content (AvgIpc) is 2.45. The fourth-order valence-corrected chi connectivity index (χ4v) is 2.39. The molecular weight excluding hydrogens is 274 g/mol. The monoisotopic (exact) mass is 293 g/mol. The summed E-state index contributed by atoms with van der Waals surface area (Å²) in [5.41, 5.74) is 1.82. The summed E-state index contributed by atoms with van der Waals surface area (Å²) < 4.78 is 0. The van der Waals surface area contributed by atoms with Crippen LogP contribution in [0.1, 0.15) is 11.6 Å². The number of aromatic nitrogens is 1. The third-order valence-electron chi connectivity index (χ3n) is 3.26. The van der Waals surface area contributed by atoms with Gasteiger partial charge >= 0.3 is 0 Å². The first-order valence-corrected chi connectivity index (χ1v) is 7.03. The molecule has 1 atom stereocenters. The molecule has 0 fully saturated rings. The number of aliphatic hydroxyl groups excluding tert-OH is 1. The van der Waals surface area contributed by atoms with Crippen LogP contribution in [0.3, 0.4) is 0 Å². The molecular formula is C15H20ClN3O. The highest BCUT2D eigenvalue weighted by Crippen LogP contribution is 2.28. The van der Waals surface area contributed by atoms with Gasteiger partial charge < -0.3 is 15.3 Å². The van der Waals surface area contributed by atoms with Crippen LogP contribution in [-0.4, -0.2) is 48.8 Å². The molecule has 108 valence electrons. The summed E-state index contributed by atoms with van der Waals surface area (Å²) in [6.45, 7) is 1.74. The molecule has 1 aromatic carbocycles. The van der Waals surface area contributed by atoms with Crippen LogP contribution in [0.5, 0.6) is 0 Å². The van der Waals surface area contributed by atoms with Crippen molar-refractivity contribution in [2.75, 3.05) is 33.8 Å². The Morgan fingerprint density at radius 1 is 1.35 bits per heavy atom. The fraction of sp³-hybridized carbons (Fsp3) is 0.400. The van der Waals surface area contributed by atoms with Gasteiger partial charge in [-0.3, -0.25) is 4.98 Å². The molecule has 0 aliphatic heterocycles. The lowest BCUT2D eigenvalue weighted by Gasteiger charge is -2.20. The highest BCUT2D eigenvalue weighted by molar-refractivity contribution is 6.35. The highest BCUT2D eigenvalue weighted by atomic mass is 35.5. The molecule has 0 spiro atoms. The van der Waals surface area contributed by atoms with Crippen LogP contribution in [0.2, 0.25) is 5.02 Å². The van der Waals surface area contributed by atoms with E-state index in [2.05, 4.69) is 15.2 Å². The quantitative estimate of drug-likeness (QED) is 0.856. The summed E-state index contributed by atoms with van der Waals surface area (Å²) in [5.74, 6) is 0. The van der Waals surface area contributed by atoms with Crippen molar-refractivity contribution < 1.29 is 5.11 Å². The first kappa shape index (κ1) is 15.2. The van der Waals surface area contributed by atoms with E-state index in [0.29, 0.717) is 5.02 Å². The second kappa shape index (κ2) is 6.99. The zero-order valence-electron chi connectivity index (χ0n) is 11.8. The van der Waals surface area contributed by atoms with E-state index in [-0.39, 0.29) is 12.6 Å². The largest absolute Gasteiger partial charge is 0.394 e. The van der Waals surface area contributed by atoms with Crippen LogP contribution in [-0.2, 0) is 0 Å². The van der Waals surface area contributed by atoms with Gasteiger partial charge in [-0.15, -0.1) is 0 Å². The molecule has 2 N–H and O–H groups in total. The van der Waals surface area contributed by atoms with Gasteiger partial charge in [-0.25, -0.2) is 0 Å². The van der Waals surface area contributed by atoms with E-state index in [0.717, 1.165) is 29.6 Å². The zero-order chi connectivity index (χ0) is 14.5. The summed E-state index contributed by atoms with van der Waals surface area (Å²) in [7, 11) is 4.05. The molecule has 0 aliphatic carbocycles. The summed E-state index contributed by atoms with van der Waals surface area (Å²) in [5, 5.41) is 14.6. The molecule has 0 aliphatic rings. The zero-order valence-corrected chi connectivity index (χ0v) is 12.6. The lowest BCUT2D eigenvalue weighted by atomic mass is 10.0. The number of aliphatic hydroxyl groups is 1. The molecule has 2 rings (SSSR count). The maximum atomic E-state index is 9.64. The minimum absolute atomic E-state index is 0.0285. The normalized spacial score (nSPS) is 13.1. The lowest BCUT2D eigenvalue weighted by Crippen LogP contribution is -2.31. The highest BCUT2D eigenvalue weighted by Gasteiger charge is 2.15. The number of likely N-dealkylation sites (N-methyl/N-ethyl adjacent to an activating group) is 1.